The fourth-order valence-electron chi connectivity index (χ4n) is 3.73. The summed E-state index contributed by atoms with van der Waals surface area (Å²) in [5, 5.41) is 0. The summed E-state index contributed by atoms with van der Waals surface area (Å²) in [6.07, 6.45) is 7.36. The predicted molar refractivity (Wildman–Crippen MR) is 122 cm³/mol. The van der Waals surface area contributed by atoms with Crippen molar-refractivity contribution in [2.75, 3.05) is 0 Å². The van der Waals surface area contributed by atoms with Crippen molar-refractivity contribution < 1.29 is 9.59 Å². The summed E-state index contributed by atoms with van der Waals surface area (Å²) < 4.78 is 0. The highest BCUT2D eigenvalue weighted by Gasteiger charge is 2.45. The number of hydrogen-bond donors (Lipinski definition) is 1. The maximum Gasteiger partial charge on any atom is 0.239 e. The second kappa shape index (κ2) is 12.0. The number of carbonyl (C=O) groups excluding carboxylic acids is 2. The van der Waals surface area contributed by atoms with E-state index in [-0.39, 0.29) is 5.91 Å². The van der Waals surface area contributed by atoms with Gasteiger partial charge in [-0.1, -0.05) is 99.0 Å². The number of nitrogens with two attached hydrogens (primary N) is 1. The van der Waals surface area contributed by atoms with Crippen molar-refractivity contribution in [1.82, 2.24) is 4.90 Å². The quantitative estimate of drug-likeness (QED) is 0.298. The van der Waals surface area contributed by atoms with Crippen LogP contribution in [0.25, 0.3) is 0 Å². The summed E-state index contributed by atoms with van der Waals surface area (Å²) in [7, 11) is 0. The monoisotopic (exact) mass is 406 g/mol. The first-order valence-electron chi connectivity index (χ1n) is 10.8. The highest BCUT2D eigenvalue weighted by atomic mass is 16.2. The number of amides is 2. The molecular formula is C26H34N2O2. The third kappa shape index (κ3) is 6.31. The lowest BCUT2D eigenvalue weighted by Crippen LogP contribution is -2.50. The van der Waals surface area contributed by atoms with Gasteiger partial charge in [-0.2, -0.15) is 0 Å². The molecule has 30 heavy (non-hydrogen) atoms. The Morgan fingerprint density at radius 2 is 1.47 bits per heavy atom. The van der Waals surface area contributed by atoms with Gasteiger partial charge in [0.1, 0.15) is 5.41 Å². The molecule has 0 fully saturated rings. The number of benzene rings is 2. The highest BCUT2D eigenvalue weighted by Crippen LogP contribution is 2.33. The number of hydrogen-bond acceptors (Lipinski definition) is 2. The lowest BCUT2D eigenvalue weighted by Gasteiger charge is -2.35. The van der Waals surface area contributed by atoms with Crippen LogP contribution in [0.1, 0.15) is 57.1 Å². The molecule has 2 aromatic rings. The minimum Gasteiger partial charge on any atom is -0.369 e. The van der Waals surface area contributed by atoms with Gasteiger partial charge in [-0.3, -0.25) is 9.59 Å². The van der Waals surface area contributed by atoms with E-state index < -0.39 is 11.3 Å². The smallest absolute Gasteiger partial charge is 0.239 e. The first kappa shape index (κ1) is 23.4. The standard InChI is InChI=1S/C26H34N2O2/c1-3-5-13-19-26(24(27)29,18-6-4-2)25(30)28(20-22-14-9-7-10-15-22)21-23-16-11-8-12-17-23/h4,6-12,14-17H,3,5,13,18-21H2,1-2H3,(H2,27,29)/b6-4+. The van der Waals surface area contributed by atoms with Crippen LogP contribution in [0.3, 0.4) is 0 Å². The molecule has 1 atom stereocenters. The van der Waals surface area contributed by atoms with Gasteiger partial charge in [0, 0.05) is 13.1 Å². The molecule has 0 spiro atoms. The van der Waals surface area contributed by atoms with E-state index in [9.17, 15) is 9.59 Å². The van der Waals surface area contributed by atoms with E-state index in [0.29, 0.717) is 25.9 Å². The second-order valence-electron chi connectivity index (χ2n) is 7.81. The van der Waals surface area contributed by atoms with Crippen LogP contribution in [0, 0.1) is 5.41 Å². The van der Waals surface area contributed by atoms with Gasteiger partial charge in [-0.05, 0) is 30.9 Å². The molecule has 2 aromatic carbocycles. The number of carbonyl (C=O) groups is 2. The number of rotatable bonds is 12. The van der Waals surface area contributed by atoms with Gasteiger partial charge in [0.25, 0.3) is 0 Å². The van der Waals surface area contributed by atoms with Gasteiger partial charge < -0.3 is 10.6 Å². The average molecular weight is 407 g/mol. The van der Waals surface area contributed by atoms with Gasteiger partial charge in [0.15, 0.2) is 0 Å². The average Bonchev–Trinajstić information content (AvgIpc) is 2.76. The van der Waals surface area contributed by atoms with E-state index in [2.05, 4.69) is 6.92 Å². The largest absolute Gasteiger partial charge is 0.369 e. The fourth-order valence-corrected chi connectivity index (χ4v) is 3.73. The molecule has 0 aliphatic rings. The minimum atomic E-state index is -1.22. The topological polar surface area (TPSA) is 63.4 Å². The Kier molecular flexibility index (Phi) is 9.33. The molecule has 0 saturated carbocycles. The van der Waals surface area contributed by atoms with Crippen LogP contribution in [-0.2, 0) is 22.7 Å². The highest BCUT2D eigenvalue weighted by molar-refractivity contribution is 6.04. The fraction of sp³-hybridized carbons (Fsp3) is 0.385. The Hall–Kier alpha value is -2.88. The van der Waals surface area contributed by atoms with Crippen LogP contribution in [0.4, 0.5) is 0 Å². The molecule has 2 rings (SSSR count). The molecule has 4 nitrogen and oxygen atoms in total. The van der Waals surface area contributed by atoms with Crippen molar-refractivity contribution in [1.29, 1.82) is 0 Å². The SMILES string of the molecule is C/C=C/CC(CCCCC)(C(N)=O)C(=O)N(Cc1ccccc1)Cc1ccccc1. The van der Waals surface area contributed by atoms with Gasteiger partial charge in [0.05, 0.1) is 0 Å². The molecule has 0 aromatic heterocycles. The molecule has 0 radical (unpaired) electrons. The zero-order valence-corrected chi connectivity index (χ0v) is 18.2. The molecular weight excluding hydrogens is 372 g/mol. The number of unbranched alkanes of at least 4 members (excludes halogenated alkanes) is 2. The van der Waals surface area contributed by atoms with E-state index in [1.165, 1.54) is 0 Å². The molecule has 0 saturated heterocycles. The van der Waals surface area contributed by atoms with Crippen molar-refractivity contribution in [3.8, 4) is 0 Å². The van der Waals surface area contributed by atoms with Crippen LogP contribution in [0.2, 0.25) is 0 Å². The zero-order valence-electron chi connectivity index (χ0n) is 18.2. The maximum absolute atomic E-state index is 13.9. The Balaban J connectivity index is 2.41. The van der Waals surface area contributed by atoms with E-state index >= 15 is 0 Å². The molecule has 2 N–H and O–H groups in total. The summed E-state index contributed by atoms with van der Waals surface area (Å²) >= 11 is 0. The lowest BCUT2D eigenvalue weighted by molar-refractivity contribution is -0.151. The second-order valence-corrected chi connectivity index (χ2v) is 7.81. The number of nitrogens with zero attached hydrogens (tertiary/aromatic N) is 1. The van der Waals surface area contributed by atoms with Crippen LogP contribution >= 0.6 is 0 Å². The van der Waals surface area contributed by atoms with Gasteiger partial charge >= 0.3 is 0 Å². The van der Waals surface area contributed by atoms with E-state index in [1.807, 2.05) is 79.7 Å². The first-order valence-corrected chi connectivity index (χ1v) is 10.8. The van der Waals surface area contributed by atoms with Crippen LogP contribution in [0.15, 0.2) is 72.8 Å². The minimum absolute atomic E-state index is 0.183. The number of primary amides is 1. The predicted octanol–water partition coefficient (Wildman–Crippen LogP) is 5.23. The summed E-state index contributed by atoms with van der Waals surface area (Å²) in [6, 6.07) is 19.8. The van der Waals surface area contributed by atoms with Gasteiger partial charge in [0.2, 0.25) is 11.8 Å². The molecule has 0 bridgehead atoms. The Labute approximate surface area is 180 Å². The molecule has 2 amide bonds. The van der Waals surface area contributed by atoms with Crippen molar-refractivity contribution in [2.24, 2.45) is 11.1 Å². The van der Waals surface area contributed by atoms with Crippen LogP contribution in [0.5, 0.6) is 0 Å². The van der Waals surface area contributed by atoms with Crippen molar-refractivity contribution in [3.05, 3.63) is 83.9 Å². The van der Waals surface area contributed by atoms with Crippen molar-refractivity contribution >= 4 is 11.8 Å². The molecule has 1 unspecified atom stereocenters. The molecule has 4 heteroatoms. The first-order chi connectivity index (χ1) is 14.5. The molecule has 0 heterocycles. The Morgan fingerprint density at radius 1 is 0.933 bits per heavy atom. The summed E-state index contributed by atoms with van der Waals surface area (Å²) in [6.45, 7) is 4.88. The van der Waals surface area contributed by atoms with Crippen molar-refractivity contribution in [3.63, 3.8) is 0 Å². The van der Waals surface area contributed by atoms with E-state index in [1.54, 1.807) is 4.90 Å². The molecule has 160 valence electrons. The number of allylic oxidation sites excluding steroid dienone is 2. The van der Waals surface area contributed by atoms with Gasteiger partial charge in [-0.25, -0.2) is 0 Å². The third-order valence-corrected chi connectivity index (χ3v) is 5.51. The van der Waals surface area contributed by atoms with E-state index in [4.69, 9.17) is 5.73 Å². The normalized spacial score (nSPS) is 13.1. The van der Waals surface area contributed by atoms with Crippen molar-refractivity contribution in [2.45, 2.75) is 59.0 Å². The molecule has 0 aliphatic carbocycles. The summed E-state index contributed by atoms with van der Waals surface area (Å²) in [4.78, 5) is 28.4. The molecule has 0 aliphatic heterocycles. The maximum atomic E-state index is 13.9. The Bertz CT molecular complexity index is 776. The third-order valence-electron chi connectivity index (χ3n) is 5.51. The Morgan fingerprint density at radius 3 is 1.90 bits per heavy atom. The summed E-state index contributed by atoms with van der Waals surface area (Å²) in [5.41, 5.74) is 6.74. The van der Waals surface area contributed by atoms with Crippen LogP contribution in [-0.4, -0.2) is 16.7 Å². The van der Waals surface area contributed by atoms with Gasteiger partial charge in [-0.15, -0.1) is 0 Å². The summed E-state index contributed by atoms with van der Waals surface area (Å²) in [5.74, 6) is -0.718. The zero-order chi connectivity index (χ0) is 21.8. The van der Waals surface area contributed by atoms with Crippen LogP contribution < -0.4 is 5.73 Å². The van der Waals surface area contributed by atoms with E-state index in [0.717, 1.165) is 30.4 Å². The lowest BCUT2D eigenvalue weighted by atomic mass is 9.77.